The lowest BCUT2D eigenvalue weighted by Crippen LogP contribution is -2.49. The van der Waals surface area contributed by atoms with Crippen LogP contribution in [0.2, 0.25) is 0 Å². The molecule has 2 unspecified atom stereocenters. The van der Waals surface area contributed by atoms with E-state index in [1.54, 1.807) is 0 Å². The number of carbonyl (C=O) groups is 1. The van der Waals surface area contributed by atoms with Crippen molar-refractivity contribution in [1.29, 1.82) is 0 Å². The standard InChI is InChI=1S/C17H21BrN2O2.ClH/c1-10-5-6-20(13(7-10)9-19)17(21)16-11(2)14-8-12(18)3-4-15(14)22-16;/h3-4,8,10,13H,5-7,9,19H2,1-2H3;1H. The molecule has 2 N–H and O–H groups in total. The van der Waals surface area contributed by atoms with Gasteiger partial charge in [-0.05, 0) is 43.9 Å². The fraction of sp³-hybridized carbons (Fsp3) is 0.471. The zero-order valence-corrected chi connectivity index (χ0v) is 15.7. The van der Waals surface area contributed by atoms with Gasteiger partial charge in [0.25, 0.3) is 5.91 Å². The molecule has 1 amide bonds. The smallest absolute Gasteiger partial charge is 0.290 e. The number of carbonyl (C=O) groups excluding carboxylic acids is 1. The van der Waals surface area contributed by atoms with Gasteiger partial charge >= 0.3 is 0 Å². The van der Waals surface area contributed by atoms with Crippen molar-refractivity contribution in [3.05, 3.63) is 34.0 Å². The number of hydrogen-bond acceptors (Lipinski definition) is 3. The number of likely N-dealkylation sites (tertiary alicyclic amines) is 1. The summed E-state index contributed by atoms with van der Waals surface area (Å²) in [5.41, 5.74) is 7.52. The number of nitrogens with zero attached hydrogens (tertiary/aromatic N) is 1. The number of amides is 1. The van der Waals surface area contributed by atoms with Crippen molar-refractivity contribution in [1.82, 2.24) is 4.90 Å². The summed E-state index contributed by atoms with van der Waals surface area (Å²) in [5, 5.41) is 0.979. The molecule has 0 bridgehead atoms. The molecule has 2 atom stereocenters. The molecule has 1 aliphatic rings. The number of aryl methyl sites for hydroxylation is 1. The Hall–Kier alpha value is -1.04. The van der Waals surface area contributed by atoms with Crippen LogP contribution in [-0.2, 0) is 0 Å². The van der Waals surface area contributed by atoms with Crippen LogP contribution >= 0.6 is 28.3 Å². The second-order valence-electron chi connectivity index (χ2n) is 6.21. The van der Waals surface area contributed by atoms with Gasteiger partial charge in [0.1, 0.15) is 5.58 Å². The maximum Gasteiger partial charge on any atom is 0.290 e. The Labute approximate surface area is 150 Å². The molecule has 2 heterocycles. The highest BCUT2D eigenvalue weighted by atomic mass is 79.9. The molecule has 0 aliphatic carbocycles. The van der Waals surface area contributed by atoms with E-state index in [0.717, 1.165) is 40.4 Å². The van der Waals surface area contributed by atoms with Crippen molar-refractivity contribution >= 4 is 45.2 Å². The maximum atomic E-state index is 12.9. The minimum Gasteiger partial charge on any atom is -0.451 e. The van der Waals surface area contributed by atoms with Gasteiger partial charge in [-0.25, -0.2) is 0 Å². The normalized spacial score (nSPS) is 21.3. The predicted octanol–water partition coefficient (Wildman–Crippen LogP) is 4.12. The van der Waals surface area contributed by atoms with Crippen molar-refractivity contribution in [2.45, 2.75) is 32.7 Å². The number of benzene rings is 1. The Morgan fingerprint density at radius 3 is 2.91 bits per heavy atom. The van der Waals surface area contributed by atoms with Crippen LogP contribution in [0.3, 0.4) is 0 Å². The molecular formula is C17H22BrClN2O2. The van der Waals surface area contributed by atoms with Gasteiger partial charge in [-0.1, -0.05) is 22.9 Å². The molecule has 1 saturated heterocycles. The van der Waals surface area contributed by atoms with Gasteiger partial charge in [0.05, 0.1) is 0 Å². The Morgan fingerprint density at radius 2 is 2.22 bits per heavy atom. The first-order valence-electron chi connectivity index (χ1n) is 7.71. The van der Waals surface area contributed by atoms with Crippen molar-refractivity contribution < 1.29 is 9.21 Å². The number of rotatable bonds is 2. The first kappa shape index (κ1) is 18.3. The lowest BCUT2D eigenvalue weighted by Gasteiger charge is -2.37. The van der Waals surface area contributed by atoms with Gasteiger partial charge in [-0.2, -0.15) is 0 Å². The summed E-state index contributed by atoms with van der Waals surface area (Å²) >= 11 is 3.46. The minimum atomic E-state index is -0.0350. The van der Waals surface area contributed by atoms with Gasteiger partial charge in [-0.15, -0.1) is 12.4 Å². The molecule has 1 aromatic carbocycles. The summed E-state index contributed by atoms with van der Waals surface area (Å²) in [6, 6.07) is 5.91. The third kappa shape index (κ3) is 3.42. The fourth-order valence-corrected chi connectivity index (χ4v) is 3.63. The number of halogens is 2. The van der Waals surface area contributed by atoms with E-state index in [1.165, 1.54) is 0 Å². The monoisotopic (exact) mass is 400 g/mol. The molecule has 3 rings (SSSR count). The van der Waals surface area contributed by atoms with E-state index in [-0.39, 0.29) is 24.4 Å². The van der Waals surface area contributed by atoms with E-state index in [0.29, 0.717) is 18.2 Å². The largest absolute Gasteiger partial charge is 0.451 e. The zero-order chi connectivity index (χ0) is 15.9. The Balaban J connectivity index is 0.00000192. The fourth-order valence-electron chi connectivity index (χ4n) is 3.27. The van der Waals surface area contributed by atoms with E-state index in [2.05, 4.69) is 22.9 Å². The zero-order valence-electron chi connectivity index (χ0n) is 13.3. The van der Waals surface area contributed by atoms with Gasteiger partial charge in [-0.3, -0.25) is 4.79 Å². The van der Waals surface area contributed by atoms with Crippen molar-refractivity contribution in [3.63, 3.8) is 0 Å². The van der Waals surface area contributed by atoms with E-state index in [4.69, 9.17) is 10.2 Å². The average molecular weight is 402 g/mol. The molecule has 1 aliphatic heterocycles. The molecule has 4 nitrogen and oxygen atoms in total. The molecule has 126 valence electrons. The van der Waals surface area contributed by atoms with E-state index in [1.807, 2.05) is 30.0 Å². The van der Waals surface area contributed by atoms with Crippen LogP contribution in [0.5, 0.6) is 0 Å². The number of furan rings is 1. The van der Waals surface area contributed by atoms with Crippen LogP contribution in [-0.4, -0.2) is 29.9 Å². The number of hydrogen-bond donors (Lipinski definition) is 1. The molecule has 1 aromatic heterocycles. The highest BCUT2D eigenvalue weighted by Crippen LogP contribution is 2.31. The van der Waals surface area contributed by atoms with Crippen molar-refractivity contribution in [2.24, 2.45) is 11.7 Å². The first-order chi connectivity index (χ1) is 10.5. The summed E-state index contributed by atoms with van der Waals surface area (Å²) in [7, 11) is 0. The van der Waals surface area contributed by atoms with Crippen LogP contribution in [0.25, 0.3) is 11.0 Å². The highest BCUT2D eigenvalue weighted by Gasteiger charge is 2.32. The number of nitrogens with two attached hydrogens (primary N) is 1. The topological polar surface area (TPSA) is 59.5 Å². The van der Waals surface area contributed by atoms with E-state index < -0.39 is 0 Å². The molecular weight excluding hydrogens is 380 g/mol. The van der Waals surface area contributed by atoms with Gasteiger partial charge in [0, 0.05) is 34.6 Å². The number of piperidine rings is 1. The van der Waals surface area contributed by atoms with E-state index in [9.17, 15) is 4.79 Å². The average Bonchev–Trinajstić information content (AvgIpc) is 2.83. The Morgan fingerprint density at radius 1 is 1.48 bits per heavy atom. The van der Waals surface area contributed by atoms with Crippen molar-refractivity contribution in [3.8, 4) is 0 Å². The van der Waals surface area contributed by atoms with Crippen LogP contribution in [0.1, 0.15) is 35.9 Å². The third-order valence-electron chi connectivity index (χ3n) is 4.60. The molecule has 6 heteroatoms. The lowest BCUT2D eigenvalue weighted by atomic mass is 9.92. The lowest BCUT2D eigenvalue weighted by molar-refractivity contribution is 0.0543. The summed E-state index contributed by atoms with van der Waals surface area (Å²) in [6.45, 7) is 5.41. The van der Waals surface area contributed by atoms with Crippen LogP contribution in [0.4, 0.5) is 0 Å². The van der Waals surface area contributed by atoms with Gasteiger partial charge in [0.15, 0.2) is 5.76 Å². The molecule has 0 spiro atoms. The minimum absolute atomic E-state index is 0. The van der Waals surface area contributed by atoms with Crippen LogP contribution < -0.4 is 5.73 Å². The second-order valence-corrected chi connectivity index (χ2v) is 7.13. The highest BCUT2D eigenvalue weighted by molar-refractivity contribution is 9.10. The van der Waals surface area contributed by atoms with Gasteiger partial charge < -0.3 is 15.1 Å². The number of fused-ring (bicyclic) bond motifs is 1. The molecule has 0 radical (unpaired) electrons. The van der Waals surface area contributed by atoms with Crippen molar-refractivity contribution in [2.75, 3.05) is 13.1 Å². The summed E-state index contributed by atoms with van der Waals surface area (Å²) in [6.07, 6.45) is 1.99. The van der Waals surface area contributed by atoms with E-state index >= 15 is 0 Å². The Kier molecular flexibility index (Phi) is 5.76. The summed E-state index contributed by atoms with van der Waals surface area (Å²) < 4.78 is 6.82. The Bertz CT molecular complexity index is 716. The van der Waals surface area contributed by atoms with Gasteiger partial charge in [0.2, 0.25) is 0 Å². The van der Waals surface area contributed by atoms with Crippen LogP contribution in [0.15, 0.2) is 27.1 Å². The molecule has 1 fully saturated rings. The SMILES string of the molecule is Cc1c(C(=O)N2CCC(C)CC2CN)oc2ccc(Br)cc12.Cl. The molecule has 23 heavy (non-hydrogen) atoms. The summed E-state index contributed by atoms with van der Waals surface area (Å²) in [4.78, 5) is 14.8. The quantitative estimate of drug-likeness (QED) is 0.823. The first-order valence-corrected chi connectivity index (χ1v) is 8.50. The molecule has 0 saturated carbocycles. The maximum absolute atomic E-state index is 12.9. The second kappa shape index (κ2) is 7.24. The molecule has 2 aromatic rings. The predicted molar refractivity (Wildman–Crippen MR) is 98.2 cm³/mol. The van der Waals surface area contributed by atoms with Crippen LogP contribution in [0, 0.1) is 12.8 Å². The summed E-state index contributed by atoms with van der Waals surface area (Å²) in [5.74, 6) is 1.03. The third-order valence-corrected chi connectivity index (χ3v) is 5.10.